The Labute approximate surface area is 161 Å². The summed E-state index contributed by atoms with van der Waals surface area (Å²) in [4.78, 5) is 23.9. The van der Waals surface area contributed by atoms with E-state index in [-0.39, 0.29) is 24.2 Å². The molecule has 27 heavy (non-hydrogen) atoms. The van der Waals surface area contributed by atoms with Gasteiger partial charge < -0.3 is 19.8 Å². The van der Waals surface area contributed by atoms with Crippen LogP contribution in [0.4, 0.5) is 5.69 Å². The van der Waals surface area contributed by atoms with Crippen LogP contribution in [0, 0.1) is 0 Å². The molecule has 0 fully saturated rings. The Bertz CT molecular complexity index is 925. The van der Waals surface area contributed by atoms with Gasteiger partial charge in [0.25, 0.3) is 11.8 Å². The number of hydrogen-bond acceptors (Lipinski definition) is 4. The van der Waals surface area contributed by atoms with Gasteiger partial charge in [-0.3, -0.25) is 9.59 Å². The number of nitrogens with one attached hydrogen (secondary N) is 2. The van der Waals surface area contributed by atoms with E-state index in [4.69, 9.17) is 20.8 Å². The molecule has 0 bridgehead atoms. The van der Waals surface area contributed by atoms with Crippen LogP contribution in [-0.4, -0.2) is 18.4 Å². The van der Waals surface area contributed by atoms with Crippen molar-refractivity contribution in [1.82, 2.24) is 5.32 Å². The van der Waals surface area contributed by atoms with Crippen molar-refractivity contribution in [3.63, 3.8) is 0 Å². The Hall–Kier alpha value is -3.25. The van der Waals surface area contributed by atoms with E-state index in [9.17, 15) is 9.59 Å². The second-order valence-electron chi connectivity index (χ2n) is 5.65. The van der Waals surface area contributed by atoms with Gasteiger partial charge in [-0.05, 0) is 42.0 Å². The lowest BCUT2D eigenvalue weighted by molar-refractivity contribution is -0.123. The van der Waals surface area contributed by atoms with Crippen LogP contribution in [0.3, 0.4) is 0 Å². The van der Waals surface area contributed by atoms with Gasteiger partial charge >= 0.3 is 0 Å². The largest absolute Gasteiger partial charge is 0.484 e. The summed E-state index contributed by atoms with van der Waals surface area (Å²) in [6.45, 7) is 0.220. The number of hydrogen-bond donors (Lipinski definition) is 2. The molecule has 0 aliphatic carbocycles. The normalized spacial score (nSPS) is 10.3. The van der Waals surface area contributed by atoms with Crippen molar-refractivity contribution < 1.29 is 18.7 Å². The van der Waals surface area contributed by atoms with E-state index in [1.807, 2.05) is 12.1 Å². The van der Waals surface area contributed by atoms with Crippen molar-refractivity contribution in [3.05, 3.63) is 83.3 Å². The first-order valence-electron chi connectivity index (χ1n) is 8.19. The molecule has 2 N–H and O–H groups in total. The molecule has 7 heteroatoms. The van der Waals surface area contributed by atoms with E-state index in [1.165, 1.54) is 6.26 Å². The van der Waals surface area contributed by atoms with Crippen LogP contribution in [0.25, 0.3) is 0 Å². The second kappa shape index (κ2) is 8.91. The predicted octanol–water partition coefficient (Wildman–Crippen LogP) is 3.88. The Morgan fingerprint density at radius 2 is 1.89 bits per heavy atom. The minimum atomic E-state index is -0.364. The van der Waals surface area contributed by atoms with E-state index < -0.39 is 0 Å². The van der Waals surface area contributed by atoms with Crippen LogP contribution in [0.15, 0.2) is 71.3 Å². The highest BCUT2D eigenvalue weighted by atomic mass is 35.5. The lowest BCUT2D eigenvalue weighted by Crippen LogP contribution is -2.28. The molecule has 6 nitrogen and oxygen atoms in total. The van der Waals surface area contributed by atoms with Gasteiger partial charge in [0.05, 0.1) is 6.26 Å². The standard InChI is InChI=1S/C20H17ClN2O4/c21-15-5-1-4-14(10-15)12-22-19(24)13-27-17-7-2-6-16(11-17)23-20(25)18-8-3-9-26-18/h1-11H,12-13H2,(H,22,24)(H,23,25). The van der Waals surface area contributed by atoms with Gasteiger partial charge in [0.2, 0.25) is 0 Å². The number of carbonyl (C=O) groups is 2. The third-order valence-electron chi connectivity index (χ3n) is 3.59. The van der Waals surface area contributed by atoms with E-state index in [2.05, 4.69) is 10.6 Å². The average Bonchev–Trinajstić information content (AvgIpc) is 3.20. The molecule has 3 rings (SSSR count). The quantitative estimate of drug-likeness (QED) is 0.647. The van der Waals surface area contributed by atoms with Crippen molar-refractivity contribution in [2.75, 3.05) is 11.9 Å². The van der Waals surface area contributed by atoms with Crippen LogP contribution in [0.5, 0.6) is 5.75 Å². The predicted molar refractivity (Wildman–Crippen MR) is 102 cm³/mol. The highest BCUT2D eigenvalue weighted by Crippen LogP contribution is 2.18. The zero-order valence-corrected chi connectivity index (χ0v) is 15.0. The highest BCUT2D eigenvalue weighted by molar-refractivity contribution is 6.30. The van der Waals surface area contributed by atoms with Crippen molar-refractivity contribution in [3.8, 4) is 5.75 Å². The molecule has 2 amide bonds. The molecule has 0 atom stereocenters. The lowest BCUT2D eigenvalue weighted by atomic mass is 10.2. The number of rotatable bonds is 7. The molecule has 0 radical (unpaired) electrons. The van der Waals surface area contributed by atoms with Crippen LogP contribution >= 0.6 is 11.6 Å². The van der Waals surface area contributed by atoms with Crippen LogP contribution in [0.1, 0.15) is 16.1 Å². The summed E-state index contributed by atoms with van der Waals surface area (Å²) in [5, 5.41) is 6.07. The minimum absolute atomic E-state index is 0.143. The summed E-state index contributed by atoms with van der Waals surface area (Å²) in [5.41, 5.74) is 1.44. The number of furan rings is 1. The van der Waals surface area contributed by atoms with Gasteiger partial charge in [-0.1, -0.05) is 29.8 Å². The molecule has 1 heterocycles. The van der Waals surface area contributed by atoms with Crippen LogP contribution in [-0.2, 0) is 11.3 Å². The average molecular weight is 385 g/mol. The minimum Gasteiger partial charge on any atom is -0.484 e. The van der Waals surface area contributed by atoms with Gasteiger partial charge in [0.15, 0.2) is 12.4 Å². The smallest absolute Gasteiger partial charge is 0.291 e. The zero-order valence-electron chi connectivity index (χ0n) is 14.3. The Morgan fingerprint density at radius 3 is 2.67 bits per heavy atom. The Balaban J connectivity index is 1.49. The first-order valence-corrected chi connectivity index (χ1v) is 8.57. The molecular weight excluding hydrogens is 368 g/mol. The molecule has 2 aromatic carbocycles. The number of halogens is 1. The highest BCUT2D eigenvalue weighted by Gasteiger charge is 2.09. The summed E-state index contributed by atoms with van der Waals surface area (Å²) in [6.07, 6.45) is 1.43. The third kappa shape index (κ3) is 5.62. The van der Waals surface area contributed by atoms with Crippen molar-refractivity contribution in [2.24, 2.45) is 0 Å². The molecule has 1 aromatic heterocycles. The third-order valence-corrected chi connectivity index (χ3v) is 3.82. The Morgan fingerprint density at radius 1 is 1.04 bits per heavy atom. The van der Waals surface area contributed by atoms with Crippen molar-refractivity contribution in [1.29, 1.82) is 0 Å². The molecule has 3 aromatic rings. The summed E-state index contributed by atoms with van der Waals surface area (Å²) >= 11 is 5.91. The SMILES string of the molecule is O=C(COc1cccc(NC(=O)c2ccco2)c1)NCc1cccc(Cl)c1. The van der Waals surface area contributed by atoms with E-state index in [0.29, 0.717) is 23.0 Å². The topological polar surface area (TPSA) is 80.6 Å². The number of ether oxygens (including phenoxy) is 1. The molecule has 0 spiro atoms. The number of anilines is 1. The summed E-state index contributed by atoms with van der Waals surface area (Å²) in [7, 11) is 0. The Kier molecular flexibility index (Phi) is 6.12. The van der Waals surface area contributed by atoms with E-state index >= 15 is 0 Å². The number of carbonyl (C=O) groups excluding carboxylic acids is 2. The maximum atomic E-state index is 12.0. The van der Waals surface area contributed by atoms with Crippen molar-refractivity contribution in [2.45, 2.75) is 6.54 Å². The summed E-state index contributed by atoms with van der Waals surface area (Å²) < 4.78 is 10.5. The fraction of sp³-hybridized carbons (Fsp3) is 0.100. The zero-order chi connectivity index (χ0) is 19.1. The molecule has 0 unspecified atom stereocenters. The maximum Gasteiger partial charge on any atom is 0.291 e. The second-order valence-corrected chi connectivity index (χ2v) is 6.09. The number of amides is 2. The maximum absolute atomic E-state index is 12.0. The molecule has 0 aliphatic heterocycles. The van der Waals surface area contributed by atoms with Gasteiger partial charge in [0.1, 0.15) is 5.75 Å². The lowest BCUT2D eigenvalue weighted by Gasteiger charge is -2.09. The molecule has 138 valence electrons. The van der Waals surface area contributed by atoms with E-state index in [0.717, 1.165) is 5.56 Å². The van der Waals surface area contributed by atoms with Gasteiger partial charge in [0, 0.05) is 23.3 Å². The number of benzene rings is 2. The first-order chi connectivity index (χ1) is 13.1. The van der Waals surface area contributed by atoms with Crippen LogP contribution in [0.2, 0.25) is 5.02 Å². The van der Waals surface area contributed by atoms with E-state index in [1.54, 1.807) is 48.5 Å². The molecular formula is C20H17ClN2O4. The fourth-order valence-corrected chi connectivity index (χ4v) is 2.52. The fourth-order valence-electron chi connectivity index (χ4n) is 2.31. The van der Waals surface area contributed by atoms with Gasteiger partial charge in [-0.25, -0.2) is 0 Å². The summed E-state index contributed by atoms with van der Waals surface area (Å²) in [5.74, 6) is 0.0447. The van der Waals surface area contributed by atoms with Crippen molar-refractivity contribution >= 4 is 29.1 Å². The monoisotopic (exact) mass is 384 g/mol. The van der Waals surface area contributed by atoms with Crippen LogP contribution < -0.4 is 15.4 Å². The molecule has 0 saturated heterocycles. The van der Waals surface area contributed by atoms with Gasteiger partial charge in [-0.2, -0.15) is 0 Å². The first kappa shape index (κ1) is 18.5. The van der Waals surface area contributed by atoms with Gasteiger partial charge in [-0.15, -0.1) is 0 Å². The molecule has 0 aliphatic rings. The molecule has 0 saturated carbocycles. The summed E-state index contributed by atoms with van der Waals surface area (Å²) in [6, 6.07) is 17.2.